The second-order valence-electron chi connectivity index (χ2n) is 11.2. The Balaban J connectivity index is 1.53. The summed E-state index contributed by atoms with van der Waals surface area (Å²) in [6.07, 6.45) is 1.70. The molecular formula is C31H24O11. The normalized spacial score (nSPS) is 30.1. The van der Waals surface area contributed by atoms with E-state index in [2.05, 4.69) is 0 Å². The molecule has 1 heterocycles. The maximum Gasteiger partial charge on any atom is 0.358 e. The van der Waals surface area contributed by atoms with Gasteiger partial charge in [0.15, 0.2) is 11.6 Å². The number of benzene rings is 2. The summed E-state index contributed by atoms with van der Waals surface area (Å²) in [5, 5.41) is 67.3. The lowest BCUT2D eigenvalue weighted by atomic mass is 9.61. The summed E-state index contributed by atoms with van der Waals surface area (Å²) in [7, 11) is 1.01. The molecule has 8 rings (SSSR count). The third-order valence-corrected chi connectivity index (χ3v) is 9.00. The molecule has 0 saturated heterocycles. The van der Waals surface area contributed by atoms with Gasteiger partial charge in [-0.1, -0.05) is 18.2 Å². The molecule has 2 bridgehead atoms. The highest BCUT2D eigenvalue weighted by Gasteiger charge is 2.62. The number of fused-ring (bicyclic) bond motifs is 3. The number of aliphatic hydroxyl groups is 4. The summed E-state index contributed by atoms with van der Waals surface area (Å²) < 4.78 is 11.0. The van der Waals surface area contributed by atoms with Gasteiger partial charge in [0.1, 0.15) is 40.4 Å². The van der Waals surface area contributed by atoms with Gasteiger partial charge in [-0.15, -0.1) is 0 Å². The molecule has 214 valence electrons. The molecule has 5 atom stereocenters. The van der Waals surface area contributed by atoms with Gasteiger partial charge in [0.25, 0.3) is 5.60 Å². The minimum atomic E-state index is -2.55. The second kappa shape index (κ2) is 8.11. The summed E-state index contributed by atoms with van der Waals surface area (Å²) in [4.78, 5) is 40.3. The maximum absolute atomic E-state index is 14.2. The Bertz CT molecular complexity index is 1830. The van der Waals surface area contributed by atoms with E-state index in [0.29, 0.717) is 5.56 Å². The molecule has 11 heteroatoms. The van der Waals surface area contributed by atoms with Crippen LogP contribution in [0.1, 0.15) is 45.4 Å². The first kappa shape index (κ1) is 26.1. The largest absolute Gasteiger partial charge is 0.507 e. The zero-order chi connectivity index (χ0) is 30.0. The smallest absolute Gasteiger partial charge is 0.358 e. The average Bonchev–Trinajstić information content (AvgIpc) is 3.16. The minimum Gasteiger partial charge on any atom is -0.507 e. The number of ether oxygens (including phenoxy) is 2. The number of phenols is 2. The van der Waals surface area contributed by atoms with Crippen molar-refractivity contribution in [1.29, 1.82) is 0 Å². The van der Waals surface area contributed by atoms with Crippen molar-refractivity contribution in [2.75, 3.05) is 7.11 Å². The Morgan fingerprint density at radius 1 is 0.976 bits per heavy atom. The number of aryl methyl sites for hydroxylation is 1. The summed E-state index contributed by atoms with van der Waals surface area (Å²) in [5.41, 5.74) is -4.13. The van der Waals surface area contributed by atoms with Gasteiger partial charge in [0.05, 0.1) is 41.3 Å². The summed E-state index contributed by atoms with van der Waals surface area (Å²) in [6.45, 7) is 1.70. The molecule has 2 aromatic rings. The predicted molar refractivity (Wildman–Crippen MR) is 144 cm³/mol. The third-order valence-electron chi connectivity index (χ3n) is 9.00. The highest BCUT2D eigenvalue weighted by molar-refractivity contribution is 6.18. The number of hydrogen-bond donors (Lipinski definition) is 6. The molecule has 1 spiro atoms. The number of Topliss-reactive ketones (excluding diaryl/α,β-unsaturated/α-hetero) is 1. The van der Waals surface area contributed by atoms with Crippen molar-refractivity contribution in [3.8, 4) is 17.2 Å². The lowest BCUT2D eigenvalue weighted by Crippen LogP contribution is -2.60. The molecule has 0 amide bonds. The van der Waals surface area contributed by atoms with Crippen LogP contribution in [0, 0.1) is 12.3 Å². The summed E-state index contributed by atoms with van der Waals surface area (Å²) in [5.74, 6) is -6.49. The van der Waals surface area contributed by atoms with E-state index >= 15 is 0 Å². The Hall–Kier alpha value is -4.87. The first-order valence-electron chi connectivity index (χ1n) is 13.1. The van der Waals surface area contributed by atoms with E-state index in [9.17, 15) is 45.0 Å². The van der Waals surface area contributed by atoms with Crippen LogP contribution in [0.5, 0.6) is 17.2 Å². The van der Waals surface area contributed by atoms with Crippen molar-refractivity contribution in [2.24, 2.45) is 5.41 Å². The first-order valence-corrected chi connectivity index (χ1v) is 13.1. The number of rotatable bonds is 1. The molecule has 6 aliphatic rings. The number of hydrogen-bond acceptors (Lipinski definition) is 11. The van der Waals surface area contributed by atoms with Crippen molar-refractivity contribution in [3.63, 3.8) is 0 Å². The van der Waals surface area contributed by atoms with E-state index < -0.39 is 69.5 Å². The molecule has 6 N–H and O–H groups in total. The molecule has 2 aromatic carbocycles. The van der Waals surface area contributed by atoms with Crippen molar-refractivity contribution < 1.29 is 54.5 Å². The Morgan fingerprint density at radius 2 is 1.67 bits per heavy atom. The molecule has 0 radical (unpaired) electrons. The number of phenolic OH excluding ortho intramolecular Hbond substituents is 2. The number of allylic oxidation sites excluding steroid dienone is 2. The number of esters is 1. The molecule has 5 aliphatic carbocycles. The van der Waals surface area contributed by atoms with Crippen LogP contribution in [-0.2, 0) is 25.5 Å². The fourth-order valence-electron chi connectivity index (χ4n) is 7.21. The number of carbonyl (C=O) groups is 3. The monoisotopic (exact) mass is 572 g/mol. The van der Waals surface area contributed by atoms with Crippen LogP contribution < -0.4 is 4.74 Å². The van der Waals surface area contributed by atoms with Gasteiger partial charge in [-0.05, 0) is 54.3 Å². The van der Waals surface area contributed by atoms with Gasteiger partial charge in [0, 0.05) is 5.56 Å². The fourth-order valence-corrected chi connectivity index (χ4v) is 7.21. The van der Waals surface area contributed by atoms with Gasteiger partial charge in [-0.3, -0.25) is 9.59 Å². The van der Waals surface area contributed by atoms with Crippen LogP contribution in [0.2, 0.25) is 0 Å². The van der Waals surface area contributed by atoms with E-state index in [1.807, 2.05) is 0 Å². The fraction of sp³-hybridized carbons (Fsp3) is 0.258. The van der Waals surface area contributed by atoms with Crippen LogP contribution in [0.25, 0.3) is 11.5 Å². The number of ketones is 2. The van der Waals surface area contributed by atoms with Crippen molar-refractivity contribution in [3.05, 3.63) is 87.0 Å². The Labute approximate surface area is 237 Å². The number of aromatic hydroxyl groups is 2. The van der Waals surface area contributed by atoms with Crippen molar-refractivity contribution >= 4 is 29.1 Å². The Morgan fingerprint density at radius 3 is 2.38 bits per heavy atom. The van der Waals surface area contributed by atoms with Gasteiger partial charge in [-0.2, -0.15) is 0 Å². The molecule has 0 saturated carbocycles. The van der Waals surface area contributed by atoms with E-state index in [1.54, 1.807) is 19.1 Å². The summed E-state index contributed by atoms with van der Waals surface area (Å²) in [6, 6.07) is 4.27. The number of aliphatic hydroxyl groups excluding tert-OH is 4. The van der Waals surface area contributed by atoms with Gasteiger partial charge in [0.2, 0.25) is 0 Å². The number of methoxy groups -OCH3 is 1. The lowest BCUT2D eigenvalue weighted by molar-refractivity contribution is -0.164. The van der Waals surface area contributed by atoms with Crippen molar-refractivity contribution in [1.82, 2.24) is 0 Å². The van der Waals surface area contributed by atoms with Gasteiger partial charge in [-0.25, -0.2) is 4.79 Å². The van der Waals surface area contributed by atoms with Gasteiger partial charge >= 0.3 is 5.97 Å². The van der Waals surface area contributed by atoms with Gasteiger partial charge < -0.3 is 40.1 Å². The molecule has 0 aromatic heterocycles. The molecule has 42 heavy (non-hydrogen) atoms. The van der Waals surface area contributed by atoms with Crippen LogP contribution in [0.3, 0.4) is 0 Å². The van der Waals surface area contributed by atoms with Crippen LogP contribution in [0.4, 0.5) is 0 Å². The second-order valence-corrected chi connectivity index (χ2v) is 11.2. The number of carbonyl (C=O) groups excluding carboxylic acids is 3. The first-order chi connectivity index (χ1) is 19.9. The molecular weight excluding hydrogens is 548 g/mol. The Kier molecular flexibility index (Phi) is 5.03. The quantitative estimate of drug-likeness (QED) is 0.217. The molecule has 0 fully saturated rings. The third kappa shape index (κ3) is 2.84. The molecule has 0 unspecified atom stereocenters. The lowest BCUT2D eigenvalue weighted by Gasteiger charge is -2.43. The SMILES string of the molecule is COC(=O)[C@@]12Oc3c(c(O)cc4c3[C@@H]3C=C[C@]5(C4)C(=C(O)c4c(O)cc(C)cc4[C@@H]5O)C3=O)C(O)=C1C(=O)C=C[C@H]2O. The maximum atomic E-state index is 14.2. The van der Waals surface area contributed by atoms with E-state index in [1.165, 1.54) is 18.2 Å². The van der Waals surface area contributed by atoms with Crippen LogP contribution in [-0.4, -0.2) is 67.0 Å². The summed E-state index contributed by atoms with van der Waals surface area (Å²) >= 11 is 0. The van der Waals surface area contributed by atoms with E-state index in [0.717, 1.165) is 19.3 Å². The zero-order valence-corrected chi connectivity index (χ0v) is 22.2. The highest BCUT2D eigenvalue weighted by atomic mass is 16.6. The standard InChI is InChI=1S/C31H24O11/c1-11-7-14-20(16(33)8-11)25(37)23-24(36)13-5-6-30(23,28(14)39)10-12-9-17(34)21-26(38)22-15(32)3-4-18(35)31(22,29(40)41-2)42-27(21)19(12)13/h3-9,13,18,28,33-35,37-39H,10H2,1-2H3/t13-,18+,28-,30-,31-/m0/s1. The average molecular weight is 573 g/mol. The zero-order valence-electron chi connectivity index (χ0n) is 22.2. The van der Waals surface area contributed by atoms with E-state index in [-0.39, 0.29) is 51.3 Å². The highest BCUT2D eigenvalue weighted by Crippen LogP contribution is 2.62. The predicted octanol–water partition coefficient (Wildman–Crippen LogP) is 2.26. The van der Waals surface area contributed by atoms with E-state index in [4.69, 9.17) is 9.47 Å². The van der Waals surface area contributed by atoms with Crippen LogP contribution >= 0.6 is 0 Å². The topological polar surface area (TPSA) is 191 Å². The minimum absolute atomic E-state index is 0.0706. The van der Waals surface area contributed by atoms with Crippen LogP contribution in [0.15, 0.2) is 53.6 Å². The molecule has 11 nitrogen and oxygen atoms in total. The van der Waals surface area contributed by atoms with Crippen molar-refractivity contribution in [2.45, 2.75) is 37.1 Å². The molecule has 1 aliphatic heterocycles.